The Hall–Kier alpha value is -4.27. The Balaban J connectivity index is 1.50. The topological polar surface area (TPSA) is 80.4 Å². The van der Waals surface area contributed by atoms with Crippen LogP contribution in [0.1, 0.15) is 28.5 Å². The molecule has 0 radical (unpaired) electrons. The van der Waals surface area contributed by atoms with Gasteiger partial charge in [-0.15, -0.1) is 0 Å². The van der Waals surface area contributed by atoms with Crippen molar-refractivity contribution in [1.82, 2.24) is 20.0 Å². The lowest BCUT2D eigenvalue weighted by atomic mass is 9.94. The number of nitrogens with zero attached hydrogens (tertiary/aromatic N) is 3. The summed E-state index contributed by atoms with van der Waals surface area (Å²) in [7, 11) is 0. The van der Waals surface area contributed by atoms with Crippen LogP contribution < -0.4 is 5.32 Å². The molecule has 0 bridgehead atoms. The van der Waals surface area contributed by atoms with Crippen molar-refractivity contribution in [1.29, 1.82) is 0 Å². The van der Waals surface area contributed by atoms with Crippen LogP contribution in [0, 0.1) is 11.6 Å². The van der Waals surface area contributed by atoms with E-state index in [4.69, 9.17) is 4.42 Å². The lowest BCUT2D eigenvalue weighted by Crippen LogP contribution is -2.63. The van der Waals surface area contributed by atoms with Crippen molar-refractivity contribution < 1.29 is 22.8 Å². The van der Waals surface area contributed by atoms with Gasteiger partial charge < -0.3 is 14.6 Å². The van der Waals surface area contributed by atoms with Crippen LogP contribution in [0.4, 0.5) is 8.78 Å². The lowest BCUT2D eigenvalue weighted by molar-refractivity contribution is -0.133. The van der Waals surface area contributed by atoms with Gasteiger partial charge in [0, 0.05) is 18.2 Å². The van der Waals surface area contributed by atoms with Crippen LogP contribution in [0.3, 0.4) is 0 Å². The van der Waals surface area contributed by atoms with E-state index in [-0.39, 0.29) is 30.9 Å². The molecule has 1 N–H and O–H groups in total. The molecular weight excluding hydrogens is 454 g/mol. The first kappa shape index (κ1) is 22.5. The number of aromatic nitrogens is 2. The van der Waals surface area contributed by atoms with E-state index < -0.39 is 29.0 Å². The Bertz CT molecular complexity index is 1400. The molecule has 0 fully saturated rings. The molecule has 0 aliphatic carbocycles. The molecular formula is C26H22F2N4O3. The smallest absolute Gasteiger partial charge is 0.273 e. The van der Waals surface area contributed by atoms with Gasteiger partial charge in [-0.2, -0.15) is 5.10 Å². The number of hydrogen-bond donors (Lipinski definition) is 1. The largest absolute Gasteiger partial charge is 0.463 e. The molecule has 0 saturated heterocycles. The second-order valence-electron chi connectivity index (χ2n) is 8.62. The number of benzene rings is 2. The average molecular weight is 476 g/mol. The maximum Gasteiger partial charge on any atom is 0.273 e. The van der Waals surface area contributed by atoms with Gasteiger partial charge in [0.2, 0.25) is 5.91 Å². The van der Waals surface area contributed by atoms with Crippen LogP contribution in [0.5, 0.6) is 0 Å². The van der Waals surface area contributed by atoms with Crippen LogP contribution in [0.25, 0.3) is 11.5 Å². The Morgan fingerprint density at radius 2 is 1.94 bits per heavy atom. The molecule has 0 unspecified atom stereocenters. The van der Waals surface area contributed by atoms with Crippen molar-refractivity contribution in [2.24, 2.45) is 0 Å². The number of carbonyl (C=O) groups is 2. The van der Waals surface area contributed by atoms with E-state index in [9.17, 15) is 18.4 Å². The fourth-order valence-electron chi connectivity index (χ4n) is 4.25. The molecule has 5 rings (SSSR count). The normalized spacial score (nSPS) is 17.3. The van der Waals surface area contributed by atoms with Crippen LogP contribution >= 0.6 is 0 Å². The Kier molecular flexibility index (Phi) is 5.68. The highest BCUT2D eigenvalue weighted by Crippen LogP contribution is 2.32. The zero-order valence-corrected chi connectivity index (χ0v) is 18.9. The zero-order chi connectivity index (χ0) is 24.6. The summed E-state index contributed by atoms with van der Waals surface area (Å²) in [6, 6.07) is 17.0. The molecule has 9 heteroatoms. The molecule has 3 heterocycles. The maximum absolute atomic E-state index is 14.5. The van der Waals surface area contributed by atoms with Gasteiger partial charge in [-0.1, -0.05) is 30.3 Å². The lowest BCUT2D eigenvalue weighted by Gasteiger charge is -2.43. The summed E-state index contributed by atoms with van der Waals surface area (Å²) in [5, 5.41) is 7.28. The Morgan fingerprint density at radius 1 is 1.11 bits per heavy atom. The minimum absolute atomic E-state index is 0.0399. The highest BCUT2D eigenvalue weighted by Gasteiger charge is 2.48. The number of fused-ring (bicyclic) bond motifs is 1. The number of amides is 2. The zero-order valence-electron chi connectivity index (χ0n) is 18.9. The van der Waals surface area contributed by atoms with Crippen molar-refractivity contribution in [3.05, 3.63) is 101 Å². The van der Waals surface area contributed by atoms with Crippen molar-refractivity contribution in [2.75, 3.05) is 0 Å². The fourth-order valence-corrected chi connectivity index (χ4v) is 4.25. The molecule has 4 aromatic rings. The van der Waals surface area contributed by atoms with E-state index in [1.165, 1.54) is 34.0 Å². The molecule has 1 atom stereocenters. The van der Waals surface area contributed by atoms with Gasteiger partial charge in [0.05, 0.1) is 19.4 Å². The van der Waals surface area contributed by atoms with Gasteiger partial charge in [-0.3, -0.25) is 14.3 Å². The predicted molar refractivity (Wildman–Crippen MR) is 123 cm³/mol. The summed E-state index contributed by atoms with van der Waals surface area (Å²) in [5.74, 6) is -1.33. The Morgan fingerprint density at radius 3 is 2.69 bits per heavy atom. The molecule has 35 heavy (non-hydrogen) atoms. The average Bonchev–Trinajstić information content (AvgIpc) is 3.51. The number of halogens is 2. The highest BCUT2D eigenvalue weighted by molar-refractivity contribution is 6.00. The number of carbonyl (C=O) groups excluding carboxylic acids is 2. The second-order valence-corrected chi connectivity index (χ2v) is 8.62. The molecule has 2 amide bonds. The van der Waals surface area contributed by atoms with E-state index in [1.807, 2.05) is 0 Å². The van der Waals surface area contributed by atoms with Gasteiger partial charge in [-0.25, -0.2) is 8.78 Å². The molecule has 178 valence electrons. The predicted octanol–water partition coefficient (Wildman–Crippen LogP) is 4.15. The third kappa shape index (κ3) is 4.21. The van der Waals surface area contributed by atoms with Crippen LogP contribution in [0.2, 0.25) is 0 Å². The van der Waals surface area contributed by atoms with Crippen LogP contribution in [-0.4, -0.2) is 32.0 Å². The summed E-state index contributed by atoms with van der Waals surface area (Å²) in [4.78, 5) is 28.5. The standard InChI is InChI=1S/C26H22F2N4O3/c1-26(25(34)29-14-17-6-4-8-19(27)12-17)16-32-22(13-21(30-32)23-10-5-11-35-23)24(33)31(26)15-18-7-2-3-9-20(18)28/h2-13H,14-16H2,1H3,(H,29,34)/t26-/m1/s1. The molecule has 2 aromatic heterocycles. The first-order chi connectivity index (χ1) is 16.8. The van der Waals surface area contributed by atoms with E-state index in [0.717, 1.165) is 0 Å². The number of hydrogen-bond acceptors (Lipinski definition) is 4. The van der Waals surface area contributed by atoms with Gasteiger partial charge >= 0.3 is 0 Å². The summed E-state index contributed by atoms with van der Waals surface area (Å²) in [5.41, 5.74) is 0.178. The quantitative estimate of drug-likeness (QED) is 0.453. The molecule has 1 aliphatic rings. The fraction of sp³-hybridized carbons (Fsp3) is 0.192. The van der Waals surface area contributed by atoms with Crippen LogP contribution in [0.15, 0.2) is 77.4 Å². The third-order valence-corrected chi connectivity index (χ3v) is 6.19. The van der Waals surface area contributed by atoms with Gasteiger partial charge in [-0.05, 0) is 42.8 Å². The second kappa shape index (κ2) is 8.83. The van der Waals surface area contributed by atoms with E-state index in [1.54, 1.807) is 55.5 Å². The summed E-state index contributed by atoms with van der Waals surface area (Å²) in [6.07, 6.45) is 1.50. The van der Waals surface area contributed by atoms with Crippen molar-refractivity contribution in [2.45, 2.75) is 32.1 Å². The van der Waals surface area contributed by atoms with E-state index >= 15 is 0 Å². The SMILES string of the molecule is C[C@]1(C(=O)NCc2cccc(F)c2)Cn2nc(-c3ccco3)cc2C(=O)N1Cc1ccccc1F. The summed E-state index contributed by atoms with van der Waals surface area (Å²) in [6.45, 7) is 1.61. The molecule has 0 saturated carbocycles. The number of rotatable bonds is 6. The molecule has 0 spiro atoms. The minimum Gasteiger partial charge on any atom is -0.463 e. The van der Waals surface area contributed by atoms with E-state index in [0.29, 0.717) is 17.0 Å². The molecule has 2 aromatic carbocycles. The Labute approximate surface area is 200 Å². The molecule has 1 aliphatic heterocycles. The maximum atomic E-state index is 14.5. The van der Waals surface area contributed by atoms with Crippen molar-refractivity contribution >= 4 is 11.8 Å². The number of furan rings is 1. The van der Waals surface area contributed by atoms with Gasteiger partial charge in [0.1, 0.15) is 28.6 Å². The summed E-state index contributed by atoms with van der Waals surface area (Å²) < 4.78 is 35.0. The monoisotopic (exact) mass is 476 g/mol. The van der Waals surface area contributed by atoms with Crippen molar-refractivity contribution in [3.8, 4) is 11.5 Å². The third-order valence-electron chi connectivity index (χ3n) is 6.19. The van der Waals surface area contributed by atoms with Gasteiger partial charge in [0.15, 0.2) is 5.76 Å². The first-order valence-electron chi connectivity index (χ1n) is 11.0. The van der Waals surface area contributed by atoms with E-state index in [2.05, 4.69) is 10.4 Å². The minimum atomic E-state index is -1.40. The van der Waals surface area contributed by atoms with Crippen LogP contribution in [-0.2, 0) is 24.4 Å². The van der Waals surface area contributed by atoms with Crippen molar-refractivity contribution in [3.63, 3.8) is 0 Å². The molecule has 7 nitrogen and oxygen atoms in total. The van der Waals surface area contributed by atoms with Gasteiger partial charge in [0.25, 0.3) is 5.91 Å². The number of nitrogens with one attached hydrogen (secondary N) is 1. The summed E-state index contributed by atoms with van der Waals surface area (Å²) >= 11 is 0. The highest BCUT2D eigenvalue weighted by atomic mass is 19.1. The first-order valence-corrected chi connectivity index (χ1v) is 11.0.